The average Bonchev–Trinajstić information content (AvgIpc) is 2.93. The fourth-order valence-corrected chi connectivity index (χ4v) is 3.29. The molecule has 2 rings (SSSR count). The molecule has 1 aromatic carbocycles. The number of nitrogens with one attached hydrogen (secondary N) is 1. The summed E-state index contributed by atoms with van der Waals surface area (Å²) >= 11 is 0. The van der Waals surface area contributed by atoms with E-state index in [-0.39, 0.29) is 22.0 Å². The van der Waals surface area contributed by atoms with Gasteiger partial charge in [0, 0.05) is 0 Å². The molecule has 1 amide bonds. The van der Waals surface area contributed by atoms with Crippen LogP contribution < -0.4 is 5.32 Å². The lowest BCUT2D eigenvalue weighted by atomic mass is 10.3. The van der Waals surface area contributed by atoms with Crippen LogP contribution in [0.5, 0.6) is 5.75 Å². The van der Waals surface area contributed by atoms with E-state index in [0.717, 1.165) is 23.7 Å². The second-order valence-corrected chi connectivity index (χ2v) is 7.94. The van der Waals surface area contributed by atoms with E-state index in [1.165, 1.54) is 13.0 Å². The number of nitro groups is 1. The molecular weight excluding hydrogens is 402 g/mol. The fourth-order valence-electron chi connectivity index (χ4n) is 2.39. The molecule has 2 N–H and O–H groups in total. The predicted molar refractivity (Wildman–Crippen MR) is 93.0 cm³/mol. The smallest absolute Gasteiger partial charge is 0.319 e. The van der Waals surface area contributed by atoms with Crippen molar-refractivity contribution in [3.8, 4) is 5.75 Å². The minimum Gasteiger partial charge on any atom is -0.506 e. The summed E-state index contributed by atoms with van der Waals surface area (Å²) < 4.78 is 50.4. The number of rotatable bonds is 7. The molecule has 13 heteroatoms. The van der Waals surface area contributed by atoms with Crippen LogP contribution in [0.25, 0.3) is 0 Å². The third kappa shape index (κ3) is 4.24. The van der Waals surface area contributed by atoms with Crippen molar-refractivity contribution < 1.29 is 32.0 Å². The zero-order valence-electron chi connectivity index (χ0n) is 14.7. The standard InChI is InChI=1S/C15H16F2N4O6S/c1-3-28(26,27)9-4-5-11(22)10(6-9)18-12(23)7-20-8(2)14(21(24)25)13(19-20)15(16)17/h4-6,15,22H,3,7H2,1-2H3,(H,18,23). The van der Waals surface area contributed by atoms with E-state index in [9.17, 15) is 37.2 Å². The van der Waals surface area contributed by atoms with Gasteiger partial charge in [0.15, 0.2) is 9.84 Å². The Morgan fingerprint density at radius 2 is 2.07 bits per heavy atom. The minimum atomic E-state index is -3.60. The number of amides is 1. The summed E-state index contributed by atoms with van der Waals surface area (Å²) in [6.45, 7) is 1.92. The van der Waals surface area contributed by atoms with Gasteiger partial charge in [-0.1, -0.05) is 6.92 Å². The van der Waals surface area contributed by atoms with Crippen molar-refractivity contribution in [1.82, 2.24) is 9.78 Å². The summed E-state index contributed by atoms with van der Waals surface area (Å²) in [6, 6.07) is 3.30. The molecule has 0 aliphatic rings. The van der Waals surface area contributed by atoms with Crippen LogP contribution in [0.15, 0.2) is 23.1 Å². The number of carbonyl (C=O) groups is 1. The SMILES string of the molecule is CCS(=O)(=O)c1ccc(O)c(NC(=O)Cn2nc(C(F)F)c([N+](=O)[O-])c2C)c1. The Morgan fingerprint density at radius 3 is 2.57 bits per heavy atom. The number of benzene rings is 1. The van der Waals surface area contributed by atoms with E-state index >= 15 is 0 Å². The van der Waals surface area contributed by atoms with E-state index in [1.54, 1.807) is 0 Å². The van der Waals surface area contributed by atoms with Crippen molar-refractivity contribution in [1.29, 1.82) is 0 Å². The van der Waals surface area contributed by atoms with E-state index < -0.39 is 50.8 Å². The molecule has 1 aromatic heterocycles. The number of anilines is 1. The minimum absolute atomic E-state index is 0.131. The van der Waals surface area contributed by atoms with Gasteiger partial charge in [0.2, 0.25) is 11.6 Å². The lowest BCUT2D eigenvalue weighted by molar-refractivity contribution is -0.386. The van der Waals surface area contributed by atoms with Crippen LogP contribution in [0.4, 0.5) is 20.2 Å². The summed E-state index contributed by atoms with van der Waals surface area (Å²) in [5, 5.41) is 26.4. The quantitative estimate of drug-likeness (QED) is 0.398. The lowest BCUT2D eigenvalue weighted by Crippen LogP contribution is -2.20. The predicted octanol–water partition coefficient (Wildman–Crippen LogP) is 2.18. The highest BCUT2D eigenvalue weighted by Gasteiger charge is 2.31. The van der Waals surface area contributed by atoms with Crippen LogP contribution in [0, 0.1) is 17.0 Å². The van der Waals surface area contributed by atoms with Gasteiger partial charge >= 0.3 is 5.69 Å². The number of carbonyl (C=O) groups excluding carboxylic acids is 1. The van der Waals surface area contributed by atoms with Gasteiger partial charge in [-0.3, -0.25) is 19.6 Å². The number of sulfone groups is 1. The molecule has 1 heterocycles. The molecule has 0 bridgehead atoms. The third-order valence-electron chi connectivity index (χ3n) is 3.86. The molecule has 0 aliphatic heterocycles. The van der Waals surface area contributed by atoms with Crippen molar-refractivity contribution in [3.05, 3.63) is 39.7 Å². The van der Waals surface area contributed by atoms with Crippen molar-refractivity contribution >= 4 is 27.1 Å². The molecule has 0 saturated heterocycles. The molecule has 0 atom stereocenters. The number of halogens is 2. The Labute approximate surface area is 157 Å². The van der Waals surface area contributed by atoms with Gasteiger partial charge in [-0.25, -0.2) is 17.2 Å². The van der Waals surface area contributed by atoms with E-state index in [4.69, 9.17) is 0 Å². The monoisotopic (exact) mass is 418 g/mol. The number of hydrogen-bond donors (Lipinski definition) is 2. The molecule has 152 valence electrons. The van der Waals surface area contributed by atoms with Crippen LogP contribution in [-0.4, -0.2) is 39.9 Å². The first-order valence-electron chi connectivity index (χ1n) is 7.83. The summed E-state index contributed by atoms with van der Waals surface area (Å²) in [7, 11) is -3.60. The van der Waals surface area contributed by atoms with Gasteiger partial charge in [-0.2, -0.15) is 5.10 Å². The Balaban J connectivity index is 2.30. The van der Waals surface area contributed by atoms with Crippen LogP contribution in [0.3, 0.4) is 0 Å². The number of nitrogens with zero attached hydrogens (tertiary/aromatic N) is 3. The van der Waals surface area contributed by atoms with Crippen LogP contribution in [-0.2, 0) is 21.2 Å². The van der Waals surface area contributed by atoms with Crippen molar-refractivity contribution in [3.63, 3.8) is 0 Å². The van der Waals surface area contributed by atoms with Gasteiger partial charge in [0.25, 0.3) is 6.43 Å². The van der Waals surface area contributed by atoms with Gasteiger partial charge in [-0.05, 0) is 25.1 Å². The Bertz CT molecular complexity index is 1040. The molecule has 0 fully saturated rings. The second-order valence-electron chi connectivity index (χ2n) is 5.67. The van der Waals surface area contributed by atoms with Gasteiger partial charge in [-0.15, -0.1) is 0 Å². The van der Waals surface area contributed by atoms with Gasteiger partial charge in [0.05, 0.1) is 21.3 Å². The first kappa shape index (κ1) is 21.2. The van der Waals surface area contributed by atoms with Crippen LogP contribution in [0.1, 0.15) is 24.7 Å². The maximum Gasteiger partial charge on any atom is 0.319 e. The first-order valence-corrected chi connectivity index (χ1v) is 9.48. The summed E-state index contributed by atoms with van der Waals surface area (Å²) in [5.74, 6) is -1.47. The van der Waals surface area contributed by atoms with E-state index in [2.05, 4.69) is 10.4 Å². The molecule has 0 radical (unpaired) electrons. The third-order valence-corrected chi connectivity index (χ3v) is 5.60. The molecule has 0 spiro atoms. The highest BCUT2D eigenvalue weighted by atomic mass is 32.2. The zero-order valence-corrected chi connectivity index (χ0v) is 15.5. The van der Waals surface area contributed by atoms with E-state index in [1.807, 2.05) is 0 Å². The molecular formula is C15H16F2N4O6S. The van der Waals surface area contributed by atoms with Crippen molar-refractivity contribution in [2.24, 2.45) is 0 Å². The van der Waals surface area contributed by atoms with Crippen molar-refractivity contribution in [2.45, 2.75) is 31.7 Å². The lowest BCUT2D eigenvalue weighted by Gasteiger charge is -2.10. The normalized spacial score (nSPS) is 11.6. The molecule has 0 unspecified atom stereocenters. The fraction of sp³-hybridized carbons (Fsp3) is 0.333. The second kappa shape index (κ2) is 7.88. The number of phenols is 1. The van der Waals surface area contributed by atoms with Crippen molar-refractivity contribution in [2.75, 3.05) is 11.1 Å². The molecule has 0 saturated carbocycles. The summed E-state index contributed by atoms with van der Waals surface area (Å²) in [5.41, 5.74) is -2.41. The maximum atomic E-state index is 12.9. The maximum absolute atomic E-state index is 12.9. The number of hydrogen-bond acceptors (Lipinski definition) is 7. The first-order chi connectivity index (χ1) is 13.0. The Hall–Kier alpha value is -3.09. The summed E-state index contributed by atoms with van der Waals surface area (Å²) in [6.07, 6.45) is -3.21. The van der Waals surface area contributed by atoms with Crippen LogP contribution >= 0.6 is 0 Å². The Kier molecular flexibility index (Phi) is 5.97. The largest absolute Gasteiger partial charge is 0.506 e. The highest BCUT2D eigenvalue weighted by molar-refractivity contribution is 7.91. The van der Waals surface area contributed by atoms with Crippen LogP contribution in [0.2, 0.25) is 0 Å². The molecule has 28 heavy (non-hydrogen) atoms. The van der Waals surface area contributed by atoms with Gasteiger partial charge < -0.3 is 10.4 Å². The zero-order chi connectivity index (χ0) is 21.2. The highest BCUT2D eigenvalue weighted by Crippen LogP contribution is 2.31. The topological polar surface area (TPSA) is 144 Å². The number of aromatic nitrogens is 2. The molecule has 0 aliphatic carbocycles. The Morgan fingerprint density at radius 1 is 1.43 bits per heavy atom. The number of phenolic OH excluding ortho intramolecular Hbond substituents is 1. The number of aromatic hydroxyl groups is 1. The van der Waals surface area contributed by atoms with Gasteiger partial charge in [0.1, 0.15) is 18.0 Å². The number of alkyl halides is 2. The summed E-state index contributed by atoms with van der Waals surface area (Å²) in [4.78, 5) is 22.0. The molecule has 2 aromatic rings. The average molecular weight is 418 g/mol. The van der Waals surface area contributed by atoms with E-state index in [0.29, 0.717) is 0 Å². The molecule has 10 nitrogen and oxygen atoms in total.